The summed E-state index contributed by atoms with van der Waals surface area (Å²) in [7, 11) is -3.76. The van der Waals surface area contributed by atoms with Crippen LogP contribution in [-0.4, -0.2) is 42.4 Å². The van der Waals surface area contributed by atoms with E-state index in [2.05, 4.69) is 14.1 Å². The molecule has 12 heteroatoms. The van der Waals surface area contributed by atoms with Gasteiger partial charge in [-0.2, -0.15) is 17.2 Å². The van der Waals surface area contributed by atoms with Crippen LogP contribution in [0.25, 0.3) is 0 Å². The first-order valence-corrected chi connectivity index (χ1v) is 8.87. The maximum atomic E-state index is 13.3. The van der Waals surface area contributed by atoms with Gasteiger partial charge in [0.05, 0.1) is 16.8 Å². The van der Waals surface area contributed by atoms with E-state index in [1.165, 1.54) is 6.92 Å². The van der Waals surface area contributed by atoms with Gasteiger partial charge in [-0.05, 0) is 25.7 Å². The van der Waals surface area contributed by atoms with Crippen LogP contribution in [0.4, 0.5) is 8.78 Å². The van der Waals surface area contributed by atoms with Gasteiger partial charge in [-0.25, -0.2) is 5.26 Å². The Hall–Kier alpha value is -0.530. The summed E-state index contributed by atoms with van der Waals surface area (Å²) in [5.74, 6) is -2.35. The molecular formula is C11H16F2O8S2. The standard InChI is InChI=1S/C11H16F2O8S2/c1-6-3-7-4-10(2,19-23(7,16)17)8(6)9(14)18-5-11(12,13)22-21-20-15/h6-8,15H,3-5H2,1-2H3. The van der Waals surface area contributed by atoms with Crippen molar-refractivity contribution in [3.8, 4) is 0 Å². The van der Waals surface area contributed by atoms with E-state index in [0.717, 1.165) is 0 Å². The number of carbonyl (C=O) groups is 1. The lowest BCUT2D eigenvalue weighted by Gasteiger charge is -2.37. The fourth-order valence-corrected chi connectivity index (χ4v) is 5.42. The highest BCUT2D eigenvalue weighted by molar-refractivity contribution is 7.95. The van der Waals surface area contributed by atoms with Crippen molar-refractivity contribution in [3.05, 3.63) is 0 Å². The first-order valence-electron chi connectivity index (χ1n) is 6.65. The number of hydrogen-bond acceptors (Lipinski definition) is 9. The number of halogens is 2. The highest BCUT2D eigenvalue weighted by Crippen LogP contribution is 2.50. The van der Waals surface area contributed by atoms with Crippen LogP contribution in [0.15, 0.2) is 0 Å². The number of alkyl halides is 2. The summed E-state index contributed by atoms with van der Waals surface area (Å²) in [6, 6.07) is 0. The van der Waals surface area contributed by atoms with Crippen molar-refractivity contribution in [2.45, 2.75) is 42.8 Å². The Labute approximate surface area is 135 Å². The van der Waals surface area contributed by atoms with Gasteiger partial charge < -0.3 is 4.74 Å². The van der Waals surface area contributed by atoms with Gasteiger partial charge in [-0.1, -0.05) is 12.0 Å². The molecule has 23 heavy (non-hydrogen) atoms. The Morgan fingerprint density at radius 1 is 1.52 bits per heavy atom. The van der Waals surface area contributed by atoms with E-state index in [0.29, 0.717) is 0 Å². The second kappa shape index (κ2) is 6.41. The Morgan fingerprint density at radius 3 is 2.78 bits per heavy atom. The molecule has 1 N–H and O–H groups in total. The van der Waals surface area contributed by atoms with Crippen LogP contribution in [0.2, 0.25) is 0 Å². The molecular weight excluding hydrogens is 362 g/mol. The van der Waals surface area contributed by atoms with Crippen LogP contribution >= 0.6 is 12.0 Å². The monoisotopic (exact) mass is 378 g/mol. The molecule has 8 nitrogen and oxygen atoms in total. The van der Waals surface area contributed by atoms with Crippen LogP contribution < -0.4 is 0 Å². The fourth-order valence-electron chi connectivity index (χ4n) is 3.27. The Balaban J connectivity index is 2.04. The van der Waals surface area contributed by atoms with Gasteiger partial charge in [-0.15, -0.1) is 4.33 Å². The molecule has 1 heterocycles. The van der Waals surface area contributed by atoms with Crippen molar-refractivity contribution >= 4 is 28.1 Å². The third-order valence-corrected chi connectivity index (χ3v) is 6.31. The third-order valence-electron chi connectivity index (χ3n) is 4.03. The van der Waals surface area contributed by atoms with Gasteiger partial charge in [0.25, 0.3) is 10.1 Å². The van der Waals surface area contributed by atoms with E-state index >= 15 is 0 Å². The summed E-state index contributed by atoms with van der Waals surface area (Å²) in [4.78, 5) is 12.2. The molecule has 2 bridgehead atoms. The molecule has 0 aromatic rings. The molecule has 4 unspecified atom stereocenters. The minimum atomic E-state index is -3.76. The van der Waals surface area contributed by atoms with Gasteiger partial charge in [-0.3, -0.25) is 8.98 Å². The van der Waals surface area contributed by atoms with Crippen LogP contribution in [0.1, 0.15) is 26.7 Å². The summed E-state index contributed by atoms with van der Waals surface area (Å²) in [5, 5.41) is 6.55. The summed E-state index contributed by atoms with van der Waals surface area (Å²) in [5.41, 5.74) is -1.30. The zero-order valence-corrected chi connectivity index (χ0v) is 13.9. The number of hydrogen-bond donors (Lipinski definition) is 1. The number of rotatable bonds is 6. The minimum Gasteiger partial charge on any atom is -0.458 e. The zero-order chi connectivity index (χ0) is 17.5. The first-order chi connectivity index (χ1) is 10.5. The predicted molar refractivity (Wildman–Crippen MR) is 72.4 cm³/mol. The van der Waals surface area contributed by atoms with Crippen LogP contribution in [0.3, 0.4) is 0 Å². The van der Waals surface area contributed by atoms with Crippen LogP contribution in [-0.2, 0) is 33.2 Å². The maximum absolute atomic E-state index is 13.3. The quantitative estimate of drug-likeness (QED) is 0.243. The van der Waals surface area contributed by atoms with Crippen molar-refractivity contribution in [1.29, 1.82) is 0 Å². The van der Waals surface area contributed by atoms with Crippen molar-refractivity contribution in [1.82, 2.24) is 0 Å². The molecule has 2 fully saturated rings. The third kappa shape index (κ3) is 3.94. The Morgan fingerprint density at radius 2 is 2.17 bits per heavy atom. The van der Waals surface area contributed by atoms with E-state index < -0.39 is 62.7 Å². The second-order valence-electron chi connectivity index (χ2n) is 5.88. The molecule has 1 aliphatic carbocycles. The van der Waals surface area contributed by atoms with Crippen molar-refractivity contribution < 1.29 is 45.5 Å². The van der Waals surface area contributed by atoms with E-state index in [9.17, 15) is 22.0 Å². The summed E-state index contributed by atoms with van der Waals surface area (Å²) < 4.78 is 63.5. The molecule has 0 spiro atoms. The van der Waals surface area contributed by atoms with Crippen molar-refractivity contribution in [2.75, 3.05) is 6.61 Å². The largest absolute Gasteiger partial charge is 0.458 e. The second-order valence-corrected chi connectivity index (χ2v) is 8.60. The maximum Gasteiger partial charge on any atom is 0.354 e. The molecule has 1 aliphatic heterocycles. The average Bonchev–Trinajstić information content (AvgIpc) is 2.60. The zero-order valence-electron chi connectivity index (χ0n) is 12.2. The van der Waals surface area contributed by atoms with E-state index in [1.54, 1.807) is 6.92 Å². The van der Waals surface area contributed by atoms with Crippen molar-refractivity contribution in [3.63, 3.8) is 0 Å². The summed E-state index contributed by atoms with van der Waals surface area (Å²) in [6.07, 6.45) is 0.316. The Kier molecular flexibility index (Phi) is 5.24. The first kappa shape index (κ1) is 18.8. The van der Waals surface area contributed by atoms with Gasteiger partial charge >= 0.3 is 11.2 Å². The molecule has 0 aromatic heterocycles. The smallest absolute Gasteiger partial charge is 0.354 e. The van der Waals surface area contributed by atoms with Crippen LogP contribution in [0, 0.1) is 11.8 Å². The van der Waals surface area contributed by atoms with Gasteiger partial charge in [0.2, 0.25) is 0 Å². The number of esters is 1. The lowest BCUT2D eigenvalue weighted by atomic mass is 9.70. The van der Waals surface area contributed by atoms with E-state index in [-0.39, 0.29) is 12.8 Å². The predicted octanol–water partition coefficient (Wildman–Crippen LogP) is 1.73. The van der Waals surface area contributed by atoms with Gasteiger partial charge in [0, 0.05) is 0 Å². The number of ether oxygens (including phenoxy) is 1. The lowest BCUT2D eigenvalue weighted by molar-refractivity contribution is -0.433. The average molecular weight is 378 g/mol. The molecule has 0 radical (unpaired) electrons. The Bertz CT molecular complexity index is 568. The highest BCUT2D eigenvalue weighted by Gasteiger charge is 2.60. The summed E-state index contributed by atoms with van der Waals surface area (Å²) >= 11 is -0.528. The molecule has 1 saturated carbocycles. The fraction of sp³-hybridized carbons (Fsp3) is 0.909. The molecule has 0 amide bonds. The molecule has 1 saturated heterocycles. The topological polar surface area (TPSA) is 108 Å². The SMILES string of the molecule is CC1CC2CC(C)(OS2(=O)=O)C1C(=O)OCC(F)(F)SOOO. The van der Waals surface area contributed by atoms with E-state index in [4.69, 9.17) is 9.44 Å². The lowest BCUT2D eigenvalue weighted by Crippen LogP contribution is -2.47. The normalized spacial score (nSPS) is 36.0. The number of fused-ring (bicyclic) bond motifs is 2. The molecule has 134 valence electrons. The molecule has 0 aromatic carbocycles. The van der Waals surface area contributed by atoms with Crippen molar-refractivity contribution in [2.24, 2.45) is 11.8 Å². The molecule has 2 rings (SSSR count). The van der Waals surface area contributed by atoms with Gasteiger partial charge in [0.1, 0.15) is 12.0 Å². The van der Waals surface area contributed by atoms with Gasteiger partial charge in [0.15, 0.2) is 6.61 Å². The highest BCUT2D eigenvalue weighted by atomic mass is 32.2. The number of carbonyl (C=O) groups excluding carboxylic acids is 1. The van der Waals surface area contributed by atoms with E-state index in [1.807, 2.05) is 0 Å². The molecule has 2 aliphatic rings. The molecule has 4 atom stereocenters. The van der Waals surface area contributed by atoms with Crippen LogP contribution in [0.5, 0.6) is 0 Å². The summed E-state index contributed by atoms with van der Waals surface area (Å²) in [6.45, 7) is 1.78. The minimum absolute atomic E-state index is 0.117.